The van der Waals surface area contributed by atoms with Gasteiger partial charge in [0.25, 0.3) is 15.9 Å². The lowest BCUT2D eigenvalue weighted by Gasteiger charge is -2.08. The molecule has 0 fully saturated rings. The summed E-state index contributed by atoms with van der Waals surface area (Å²) in [5.74, 6) is -0.318. The van der Waals surface area contributed by atoms with E-state index in [9.17, 15) is 13.2 Å². The Labute approximate surface area is 175 Å². The van der Waals surface area contributed by atoms with Crippen LogP contribution in [0.4, 0.5) is 11.4 Å². The molecular formula is C23H19N3O3S. The van der Waals surface area contributed by atoms with E-state index in [2.05, 4.69) is 16.1 Å². The van der Waals surface area contributed by atoms with Crippen molar-refractivity contribution in [2.75, 3.05) is 10.0 Å². The Bertz CT molecular complexity index is 1180. The first-order chi connectivity index (χ1) is 14.4. The van der Waals surface area contributed by atoms with E-state index in [1.54, 1.807) is 36.4 Å². The van der Waals surface area contributed by atoms with Gasteiger partial charge in [-0.3, -0.25) is 9.52 Å². The normalized spacial score (nSPS) is 11.0. The van der Waals surface area contributed by atoms with Gasteiger partial charge in [-0.25, -0.2) is 8.42 Å². The number of hydrogen-bond acceptors (Lipinski definition) is 4. The zero-order valence-electron chi connectivity index (χ0n) is 15.9. The molecule has 3 aromatic carbocycles. The maximum Gasteiger partial charge on any atom is 0.255 e. The third-order valence-electron chi connectivity index (χ3n) is 4.14. The molecule has 1 amide bonds. The van der Waals surface area contributed by atoms with Crippen molar-refractivity contribution in [3.05, 3.63) is 101 Å². The van der Waals surface area contributed by atoms with E-state index in [1.807, 2.05) is 18.2 Å². The van der Waals surface area contributed by atoms with E-state index < -0.39 is 10.0 Å². The summed E-state index contributed by atoms with van der Waals surface area (Å²) in [6, 6.07) is 24.3. The van der Waals surface area contributed by atoms with Crippen LogP contribution in [-0.2, 0) is 16.4 Å². The molecule has 3 rings (SSSR count). The Balaban J connectivity index is 1.62. The molecule has 0 bridgehead atoms. The zero-order chi connectivity index (χ0) is 21.4. The molecule has 0 aromatic heterocycles. The number of anilines is 2. The third kappa shape index (κ3) is 6.06. The van der Waals surface area contributed by atoms with Gasteiger partial charge in [0, 0.05) is 16.9 Å². The number of nitrogens with zero attached hydrogens (tertiary/aromatic N) is 1. The summed E-state index contributed by atoms with van der Waals surface area (Å²) in [5.41, 5.74) is 2.99. The highest BCUT2D eigenvalue weighted by atomic mass is 32.2. The number of sulfonamides is 1. The van der Waals surface area contributed by atoms with Crippen molar-refractivity contribution in [1.82, 2.24) is 0 Å². The minimum Gasteiger partial charge on any atom is -0.322 e. The second-order valence-electron chi connectivity index (χ2n) is 6.42. The number of carbonyl (C=O) groups excluding carboxylic acids is 1. The van der Waals surface area contributed by atoms with Gasteiger partial charge in [0.2, 0.25) is 0 Å². The molecule has 0 aliphatic rings. The first-order valence-electron chi connectivity index (χ1n) is 9.08. The number of rotatable bonds is 7. The number of hydrogen-bond donors (Lipinski definition) is 2. The topological polar surface area (TPSA) is 99.1 Å². The van der Waals surface area contributed by atoms with Crippen LogP contribution in [0.25, 0.3) is 6.08 Å². The largest absolute Gasteiger partial charge is 0.322 e. The summed E-state index contributed by atoms with van der Waals surface area (Å²) in [7, 11) is -3.68. The first-order valence-corrected chi connectivity index (χ1v) is 10.6. The first kappa shape index (κ1) is 20.8. The van der Waals surface area contributed by atoms with E-state index in [1.165, 1.54) is 30.3 Å². The van der Waals surface area contributed by atoms with Crippen molar-refractivity contribution in [2.24, 2.45) is 0 Å². The predicted octanol–water partition coefficient (Wildman–Crippen LogP) is 4.42. The average Bonchev–Trinajstić information content (AvgIpc) is 2.75. The quantitative estimate of drug-likeness (QED) is 0.594. The van der Waals surface area contributed by atoms with Crippen LogP contribution in [0.3, 0.4) is 0 Å². The van der Waals surface area contributed by atoms with Crippen LogP contribution in [-0.4, -0.2) is 14.3 Å². The number of nitrogens with one attached hydrogen (secondary N) is 2. The number of benzene rings is 3. The Morgan fingerprint density at radius 2 is 1.53 bits per heavy atom. The van der Waals surface area contributed by atoms with Crippen molar-refractivity contribution in [2.45, 2.75) is 6.42 Å². The molecular weight excluding hydrogens is 398 g/mol. The van der Waals surface area contributed by atoms with Gasteiger partial charge in [-0.2, -0.15) is 5.26 Å². The molecule has 2 N–H and O–H groups in total. The molecule has 7 heteroatoms. The summed E-state index contributed by atoms with van der Waals surface area (Å²) < 4.78 is 26.9. The maximum absolute atomic E-state index is 12.4. The van der Waals surface area contributed by atoms with Gasteiger partial charge >= 0.3 is 0 Å². The van der Waals surface area contributed by atoms with Crippen LogP contribution >= 0.6 is 0 Å². The molecule has 150 valence electrons. The minimum atomic E-state index is -3.68. The number of amides is 1. The fourth-order valence-corrected chi connectivity index (χ4v) is 3.49. The molecule has 0 atom stereocenters. The lowest BCUT2D eigenvalue weighted by molar-refractivity contribution is 0.102. The molecule has 0 unspecified atom stereocenters. The van der Waals surface area contributed by atoms with Gasteiger partial charge in [-0.05, 0) is 53.6 Å². The fraction of sp³-hybridized carbons (Fsp3) is 0.0435. The van der Waals surface area contributed by atoms with Crippen molar-refractivity contribution < 1.29 is 13.2 Å². The Morgan fingerprint density at radius 1 is 0.900 bits per heavy atom. The fourth-order valence-electron chi connectivity index (χ4n) is 2.62. The second kappa shape index (κ2) is 9.54. The van der Waals surface area contributed by atoms with Crippen LogP contribution in [0.2, 0.25) is 0 Å². The van der Waals surface area contributed by atoms with Crippen LogP contribution in [0, 0.1) is 11.3 Å². The van der Waals surface area contributed by atoms with E-state index in [0.717, 1.165) is 16.5 Å². The summed E-state index contributed by atoms with van der Waals surface area (Å²) in [5, 5.41) is 12.6. The van der Waals surface area contributed by atoms with E-state index in [0.29, 0.717) is 23.4 Å². The van der Waals surface area contributed by atoms with Crippen molar-refractivity contribution in [3.8, 4) is 6.07 Å². The highest BCUT2D eigenvalue weighted by molar-refractivity contribution is 7.95. The van der Waals surface area contributed by atoms with Crippen LogP contribution < -0.4 is 10.0 Å². The smallest absolute Gasteiger partial charge is 0.255 e. The molecule has 6 nitrogen and oxygen atoms in total. The van der Waals surface area contributed by atoms with Crippen LogP contribution in [0.5, 0.6) is 0 Å². The highest BCUT2D eigenvalue weighted by Crippen LogP contribution is 2.15. The molecule has 0 spiro atoms. The zero-order valence-corrected chi connectivity index (χ0v) is 16.8. The van der Waals surface area contributed by atoms with Crippen molar-refractivity contribution >= 4 is 33.4 Å². The van der Waals surface area contributed by atoms with Crippen LogP contribution in [0.15, 0.2) is 84.3 Å². The van der Waals surface area contributed by atoms with Gasteiger partial charge < -0.3 is 5.32 Å². The van der Waals surface area contributed by atoms with Gasteiger partial charge in [0.1, 0.15) is 0 Å². The molecule has 0 radical (unpaired) electrons. The summed E-state index contributed by atoms with van der Waals surface area (Å²) in [6.45, 7) is 0. The van der Waals surface area contributed by atoms with E-state index >= 15 is 0 Å². The number of carbonyl (C=O) groups is 1. The Morgan fingerprint density at radius 3 is 2.17 bits per heavy atom. The van der Waals surface area contributed by atoms with Crippen LogP contribution in [0.1, 0.15) is 21.5 Å². The molecule has 0 saturated carbocycles. The maximum atomic E-state index is 12.4. The van der Waals surface area contributed by atoms with E-state index in [4.69, 9.17) is 5.26 Å². The standard InChI is InChI=1S/C23H19N3O3S/c24-16-14-19-6-10-21(11-7-19)25-23(27)20-8-12-22(13-9-20)26-30(28,29)17-15-18-4-2-1-3-5-18/h1-13,15,17,26H,14H2,(H,25,27)/b17-15+. The Hall–Kier alpha value is -3.89. The van der Waals surface area contributed by atoms with Gasteiger partial charge in [0.15, 0.2) is 0 Å². The lowest BCUT2D eigenvalue weighted by atomic mass is 10.1. The third-order valence-corrected chi connectivity index (χ3v) is 5.16. The van der Waals surface area contributed by atoms with Gasteiger partial charge in [0.05, 0.1) is 17.9 Å². The van der Waals surface area contributed by atoms with E-state index in [-0.39, 0.29) is 5.91 Å². The molecule has 30 heavy (non-hydrogen) atoms. The monoisotopic (exact) mass is 417 g/mol. The molecule has 0 heterocycles. The highest BCUT2D eigenvalue weighted by Gasteiger charge is 2.09. The second-order valence-corrected chi connectivity index (χ2v) is 7.99. The number of nitriles is 1. The lowest BCUT2D eigenvalue weighted by Crippen LogP contribution is -2.12. The molecule has 3 aromatic rings. The van der Waals surface area contributed by atoms with Crippen molar-refractivity contribution in [1.29, 1.82) is 5.26 Å². The summed E-state index contributed by atoms with van der Waals surface area (Å²) in [6.07, 6.45) is 1.82. The SMILES string of the molecule is N#CCc1ccc(NC(=O)c2ccc(NS(=O)(=O)/C=C/c3ccccc3)cc2)cc1. The summed E-state index contributed by atoms with van der Waals surface area (Å²) >= 11 is 0. The molecule has 0 aliphatic carbocycles. The van der Waals surface area contributed by atoms with Gasteiger partial charge in [-0.15, -0.1) is 0 Å². The molecule has 0 aliphatic heterocycles. The Kier molecular flexibility index (Phi) is 6.63. The van der Waals surface area contributed by atoms with Crippen molar-refractivity contribution in [3.63, 3.8) is 0 Å². The summed E-state index contributed by atoms with van der Waals surface area (Å²) in [4.78, 5) is 12.4. The predicted molar refractivity (Wildman–Crippen MR) is 118 cm³/mol. The van der Waals surface area contributed by atoms with Gasteiger partial charge in [-0.1, -0.05) is 42.5 Å². The molecule has 0 saturated heterocycles. The minimum absolute atomic E-state index is 0.312. The average molecular weight is 417 g/mol.